The Morgan fingerprint density at radius 1 is 1.32 bits per heavy atom. The summed E-state index contributed by atoms with van der Waals surface area (Å²) < 4.78 is 0. The molecule has 112 valence electrons. The van der Waals surface area contributed by atoms with E-state index in [9.17, 15) is 0 Å². The van der Waals surface area contributed by atoms with E-state index < -0.39 is 0 Å². The van der Waals surface area contributed by atoms with Gasteiger partial charge in [0.15, 0.2) is 0 Å². The van der Waals surface area contributed by atoms with Crippen molar-refractivity contribution in [2.45, 2.75) is 64.0 Å². The van der Waals surface area contributed by atoms with Crippen LogP contribution in [-0.4, -0.2) is 61.2 Å². The average molecular weight is 267 g/mol. The van der Waals surface area contributed by atoms with Gasteiger partial charge in [0.05, 0.1) is 0 Å². The number of nitrogens with one attached hydrogen (secondary N) is 1. The fraction of sp³-hybridized carbons (Fsp3) is 1.00. The standard InChI is InChI=1S/C16H33N3/c1-4-9-16(10-7-11-17-16)14-18(3)13-15-8-6-12-19(15)5-2/h15,17H,4-14H2,1-3H3. The zero-order valence-electron chi connectivity index (χ0n) is 13.2. The van der Waals surface area contributed by atoms with Gasteiger partial charge in [-0.25, -0.2) is 0 Å². The molecule has 2 unspecified atom stereocenters. The summed E-state index contributed by atoms with van der Waals surface area (Å²) in [6.07, 6.45) is 8.15. The van der Waals surface area contributed by atoms with Crippen LogP contribution in [0, 0.1) is 0 Å². The zero-order chi connectivity index (χ0) is 13.7. The van der Waals surface area contributed by atoms with Gasteiger partial charge >= 0.3 is 0 Å². The molecule has 0 bridgehead atoms. The van der Waals surface area contributed by atoms with Gasteiger partial charge in [-0.05, 0) is 58.8 Å². The quantitative estimate of drug-likeness (QED) is 0.764. The van der Waals surface area contributed by atoms with Gasteiger partial charge in [-0.2, -0.15) is 0 Å². The van der Waals surface area contributed by atoms with Crippen molar-refractivity contribution in [2.24, 2.45) is 0 Å². The molecule has 0 amide bonds. The number of hydrogen-bond acceptors (Lipinski definition) is 3. The van der Waals surface area contributed by atoms with Crippen molar-refractivity contribution >= 4 is 0 Å². The number of likely N-dealkylation sites (tertiary alicyclic amines) is 1. The maximum absolute atomic E-state index is 3.80. The van der Waals surface area contributed by atoms with E-state index in [1.165, 1.54) is 71.2 Å². The molecule has 0 aromatic rings. The Labute approximate surface area is 119 Å². The van der Waals surface area contributed by atoms with Crippen molar-refractivity contribution < 1.29 is 0 Å². The van der Waals surface area contributed by atoms with Crippen LogP contribution in [0.15, 0.2) is 0 Å². The number of rotatable bonds is 7. The van der Waals surface area contributed by atoms with Crippen LogP contribution in [0.5, 0.6) is 0 Å². The Morgan fingerprint density at radius 3 is 2.79 bits per heavy atom. The van der Waals surface area contributed by atoms with E-state index in [4.69, 9.17) is 0 Å². The molecule has 0 radical (unpaired) electrons. The third-order valence-corrected chi connectivity index (χ3v) is 5.06. The molecule has 2 rings (SSSR count). The molecule has 3 nitrogen and oxygen atoms in total. The Balaban J connectivity index is 1.83. The maximum atomic E-state index is 3.80. The summed E-state index contributed by atoms with van der Waals surface area (Å²) in [7, 11) is 2.32. The van der Waals surface area contributed by atoms with E-state index in [0.29, 0.717) is 5.54 Å². The zero-order valence-corrected chi connectivity index (χ0v) is 13.2. The molecule has 2 atom stereocenters. The Kier molecular flexibility index (Phi) is 5.67. The number of hydrogen-bond donors (Lipinski definition) is 1. The molecule has 2 aliphatic rings. The van der Waals surface area contributed by atoms with Crippen molar-refractivity contribution in [3.8, 4) is 0 Å². The Hall–Kier alpha value is -0.120. The fourth-order valence-corrected chi connectivity index (χ4v) is 4.23. The molecule has 2 fully saturated rings. The van der Waals surface area contributed by atoms with E-state index in [1.54, 1.807) is 0 Å². The largest absolute Gasteiger partial charge is 0.310 e. The molecule has 0 aromatic heterocycles. The smallest absolute Gasteiger partial charge is 0.0309 e. The lowest BCUT2D eigenvalue weighted by Crippen LogP contribution is -2.51. The number of likely N-dealkylation sites (N-methyl/N-ethyl adjacent to an activating group) is 2. The first-order chi connectivity index (χ1) is 9.19. The molecule has 0 saturated carbocycles. The minimum absolute atomic E-state index is 0.416. The molecule has 0 spiro atoms. The highest BCUT2D eigenvalue weighted by Gasteiger charge is 2.34. The summed E-state index contributed by atoms with van der Waals surface area (Å²) in [5.74, 6) is 0. The first-order valence-electron chi connectivity index (χ1n) is 8.37. The van der Waals surface area contributed by atoms with Crippen LogP contribution in [0.25, 0.3) is 0 Å². The van der Waals surface area contributed by atoms with Gasteiger partial charge in [0, 0.05) is 24.7 Å². The molecule has 19 heavy (non-hydrogen) atoms. The summed E-state index contributed by atoms with van der Waals surface area (Å²) in [4.78, 5) is 5.25. The summed E-state index contributed by atoms with van der Waals surface area (Å²) in [5.41, 5.74) is 0.416. The summed E-state index contributed by atoms with van der Waals surface area (Å²) in [6.45, 7) is 10.9. The Bertz CT molecular complexity index is 261. The monoisotopic (exact) mass is 267 g/mol. The third-order valence-electron chi connectivity index (χ3n) is 5.06. The fourth-order valence-electron chi connectivity index (χ4n) is 4.23. The minimum atomic E-state index is 0.416. The van der Waals surface area contributed by atoms with Crippen LogP contribution >= 0.6 is 0 Å². The molecular weight excluding hydrogens is 234 g/mol. The van der Waals surface area contributed by atoms with Gasteiger partial charge in [0.25, 0.3) is 0 Å². The topological polar surface area (TPSA) is 18.5 Å². The first-order valence-corrected chi connectivity index (χ1v) is 8.37. The summed E-state index contributed by atoms with van der Waals surface area (Å²) in [6, 6.07) is 0.801. The second-order valence-electron chi connectivity index (χ2n) is 6.68. The maximum Gasteiger partial charge on any atom is 0.0309 e. The van der Waals surface area contributed by atoms with Crippen LogP contribution in [0.4, 0.5) is 0 Å². The molecule has 2 saturated heterocycles. The van der Waals surface area contributed by atoms with E-state index in [0.717, 1.165) is 6.04 Å². The summed E-state index contributed by atoms with van der Waals surface area (Å²) in [5, 5.41) is 3.80. The van der Waals surface area contributed by atoms with E-state index in [2.05, 4.69) is 36.0 Å². The second kappa shape index (κ2) is 7.05. The molecule has 0 aliphatic carbocycles. The molecule has 1 N–H and O–H groups in total. The van der Waals surface area contributed by atoms with Crippen molar-refractivity contribution in [1.82, 2.24) is 15.1 Å². The SMILES string of the molecule is CCCC1(CN(C)CC2CCCN2CC)CCCN1. The first kappa shape index (κ1) is 15.3. The highest BCUT2D eigenvalue weighted by Crippen LogP contribution is 2.26. The van der Waals surface area contributed by atoms with Crippen LogP contribution in [0.3, 0.4) is 0 Å². The summed E-state index contributed by atoms with van der Waals surface area (Å²) >= 11 is 0. The lowest BCUT2D eigenvalue weighted by molar-refractivity contribution is 0.160. The van der Waals surface area contributed by atoms with Gasteiger partial charge in [0.1, 0.15) is 0 Å². The lowest BCUT2D eigenvalue weighted by atomic mass is 9.91. The van der Waals surface area contributed by atoms with Gasteiger partial charge in [0.2, 0.25) is 0 Å². The predicted molar refractivity (Wildman–Crippen MR) is 82.6 cm³/mol. The predicted octanol–water partition coefficient (Wildman–Crippen LogP) is 2.32. The molecule has 2 aliphatic heterocycles. The van der Waals surface area contributed by atoms with E-state index >= 15 is 0 Å². The van der Waals surface area contributed by atoms with Crippen LogP contribution in [-0.2, 0) is 0 Å². The third kappa shape index (κ3) is 3.93. The second-order valence-corrected chi connectivity index (χ2v) is 6.68. The molecule has 3 heteroatoms. The average Bonchev–Trinajstić information content (AvgIpc) is 2.99. The Morgan fingerprint density at radius 2 is 2.16 bits per heavy atom. The van der Waals surface area contributed by atoms with Crippen LogP contribution in [0.1, 0.15) is 52.4 Å². The van der Waals surface area contributed by atoms with Gasteiger partial charge in [-0.1, -0.05) is 20.3 Å². The van der Waals surface area contributed by atoms with Crippen molar-refractivity contribution in [2.75, 3.05) is 39.8 Å². The van der Waals surface area contributed by atoms with Gasteiger partial charge in [-0.3, -0.25) is 4.90 Å². The van der Waals surface area contributed by atoms with Crippen molar-refractivity contribution in [1.29, 1.82) is 0 Å². The van der Waals surface area contributed by atoms with Crippen LogP contribution < -0.4 is 5.32 Å². The van der Waals surface area contributed by atoms with Gasteiger partial charge < -0.3 is 10.2 Å². The van der Waals surface area contributed by atoms with Crippen molar-refractivity contribution in [3.05, 3.63) is 0 Å². The highest BCUT2D eigenvalue weighted by molar-refractivity contribution is 4.95. The molecular formula is C16H33N3. The lowest BCUT2D eigenvalue weighted by Gasteiger charge is -2.36. The number of nitrogens with zero attached hydrogens (tertiary/aromatic N) is 2. The van der Waals surface area contributed by atoms with Crippen molar-refractivity contribution in [3.63, 3.8) is 0 Å². The normalized spacial score (nSPS) is 32.5. The molecule has 2 heterocycles. The highest BCUT2D eigenvalue weighted by atomic mass is 15.2. The van der Waals surface area contributed by atoms with Crippen LogP contribution in [0.2, 0.25) is 0 Å². The minimum Gasteiger partial charge on any atom is -0.310 e. The molecule has 0 aromatic carbocycles. The van der Waals surface area contributed by atoms with E-state index in [1.807, 2.05) is 0 Å². The van der Waals surface area contributed by atoms with E-state index in [-0.39, 0.29) is 0 Å². The van der Waals surface area contributed by atoms with Gasteiger partial charge in [-0.15, -0.1) is 0 Å².